The fourth-order valence-electron chi connectivity index (χ4n) is 1.43. The second kappa shape index (κ2) is 4.61. The van der Waals surface area contributed by atoms with Gasteiger partial charge in [0.05, 0.1) is 0 Å². The molecule has 1 unspecified atom stereocenters. The lowest BCUT2D eigenvalue weighted by Crippen LogP contribution is -2.47. The van der Waals surface area contributed by atoms with Crippen molar-refractivity contribution in [3.8, 4) is 0 Å². The molecule has 0 spiro atoms. The van der Waals surface area contributed by atoms with E-state index in [1.807, 2.05) is 6.92 Å². The van der Waals surface area contributed by atoms with Crippen LogP contribution in [0.4, 0.5) is 13.2 Å². The molecule has 0 aromatic carbocycles. The Morgan fingerprint density at radius 2 is 2.06 bits per heavy atom. The molecule has 1 fully saturated rings. The number of carbonyl (C=O) groups excluding carboxylic acids is 1. The molecule has 0 radical (unpaired) electrons. The van der Waals surface area contributed by atoms with E-state index in [-0.39, 0.29) is 25.2 Å². The molecule has 16 heavy (non-hydrogen) atoms. The van der Waals surface area contributed by atoms with Gasteiger partial charge in [-0.3, -0.25) is 4.79 Å². The molecule has 0 aromatic rings. The van der Waals surface area contributed by atoms with Gasteiger partial charge in [0.15, 0.2) is 0 Å². The Morgan fingerprint density at radius 1 is 1.50 bits per heavy atom. The average Bonchev–Trinajstić information content (AvgIpc) is 2.94. The number of nitrogens with two attached hydrogens (primary N) is 1. The summed E-state index contributed by atoms with van der Waals surface area (Å²) in [6, 6.07) is 0. The van der Waals surface area contributed by atoms with Gasteiger partial charge >= 0.3 is 6.18 Å². The van der Waals surface area contributed by atoms with Crippen molar-refractivity contribution in [1.82, 2.24) is 5.32 Å². The molecule has 6 heteroatoms. The van der Waals surface area contributed by atoms with Crippen LogP contribution in [0.15, 0.2) is 0 Å². The SMILES string of the molecule is CC(CN)CCC(=O)NC1(C(F)(F)F)CC1. The maximum atomic E-state index is 12.5. The molecule has 1 amide bonds. The summed E-state index contributed by atoms with van der Waals surface area (Å²) in [5, 5.41) is 2.08. The Morgan fingerprint density at radius 3 is 2.44 bits per heavy atom. The summed E-state index contributed by atoms with van der Waals surface area (Å²) in [6.07, 6.45) is -3.71. The number of halogens is 3. The minimum Gasteiger partial charge on any atom is -0.342 e. The van der Waals surface area contributed by atoms with Gasteiger partial charge in [-0.05, 0) is 31.7 Å². The zero-order valence-electron chi connectivity index (χ0n) is 9.23. The van der Waals surface area contributed by atoms with E-state index in [1.54, 1.807) is 0 Å². The lowest BCUT2D eigenvalue weighted by molar-refractivity contribution is -0.170. The van der Waals surface area contributed by atoms with Crippen LogP contribution < -0.4 is 11.1 Å². The molecule has 0 aliphatic heterocycles. The van der Waals surface area contributed by atoms with Gasteiger partial charge in [0.2, 0.25) is 5.91 Å². The van der Waals surface area contributed by atoms with Gasteiger partial charge < -0.3 is 11.1 Å². The largest absolute Gasteiger partial charge is 0.411 e. The molecule has 3 N–H and O–H groups in total. The number of nitrogens with one attached hydrogen (secondary N) is 1. The summed E-state index contributed by atoms with van der Waals surface area (Å²) in [7, 11) is 0. The van der Waals surface area contributed by atoms with Gasteiger partial charge in [0, 0.05) is 6.42 Å². The molecule has 3 nitrogen and oxygen atoms in total. The standard InChI is InChI=1S/C10H17F3N2O/c1-7(6-14)2-3-8(16)15-9(4-5-9)10(11,12)13/h7H,2-6,14H2,1H3,(H,15,16). The molecule has 1 aliphatic carbocycles. The second-order valence-electron chi connectivity index (χ2n) is 4.51. The van der Waals surface area contributed by atoms with Crippen LogP contribution in [-0.4, -0.2) is 24.2 Å². The third-order valence-corrected chi connectivity index (χ3v) is 2.94. The molecular weight excluding hydrogens is 221 g/mol. The van der Waals surface area contributed by atoms with Crippen molar-refractivity contribution in [1.29, 1.82) is 0 Å². The Balaban J connectivity index is 2.35. The monoisotopic (exact) mass is 238 g/mol. The van der Waals surface area contributed by atoms with Crippen molar-refractivity contribution in [2.45, 2.75) is 44.3 Å². The van der Waals surface area contributed by atoms with E-state index < -0.39 is 17.6 Å². The molecule has 0 aromatic heterocycles. The Labute approximate surface area is 92.6 Å². The lowest BCUT2D eigenvalue weighted by atomic mass is 10.1. The quantitative estimate of drug-likeness (QED) is 0.764. The topological polar surface area (TPSA) is 55.1 Å². The summed E-state index contributed by atoms with van der Waals surface area (Å²) >= 11 is 0. The fourth-order valence-corrected chi connectivity index (χ4v) is 1.43. The van der Waals surface area contributed by atoms with Crippen molar-refractivity contribution >= 4 is 5.91 Å². The molecular formula is C10H17F3N2O. The van der Waals surface area contributed by atoms with Crippen LogP contribution >= 0.6 is 0 Å². The summed E-state index contributed by atoms with van der Waals surface area (Å²) in [4.78, 5) is 11.3. The maximum absolute atomic E-state index is 12.5. The zero-order valence-corrected chi connectivity index (χ0v) is 9.23. The van der Waals surface area contributed by atoms with Gasteiger partial charge in [0.1, 0.15) is 5.54 Å². The van der Waals surface area contributed by atoms with Crippen LogP contribution in [0.3, 0.4) is 0 Å². The molecule has 0 heterocycles. The van der Waals surface area contributed by atoms with Crippen LogP contribution in [0.1, 0.15) is 32.6 Å². The average molecular weight is 238 g/mol. The summed E-state index contributed by atoms with van der Waals surface area (Å²) in [6.45, 7) is 2.31. The maximum Gasteiger partial charge on any atom is 0.411 e. The van der Waals surface area contributed by atoms with Gasteiger partial charge in [-0.15, -0.1) is 0 Å². The Bertz CT molecular complexity index is 261. The third-order valence-electron chi connectivity index (χ3n) is 2.94. The number of rotatable bonds is 5. The minimum atomic E-state index is -4.33. The van der Waals surface area contributed by atoms with E-state index in [9.17, 15) is 18.0 Å². The molecule has 1 atom stereocenters. The van der Waals surface area contributed by atoms with Gasteiger partial charge in [-0.2, -0.15) is 13.2 Å². The summed E-state index contributed by atoms with van der Waals surface area (Å²) < 4.78 is 37.5. The summed E-state index contributed by atoms with van der Waals surface area (Å²) in [5.74, 6) is -0.373. The van der Waals surface area contributed by atoms with Crippen LogP contribution in [0, 0.1) is 5.92 Å². The van der Waals surface area contributed by atoms with Gasteiger partial charge in [0.25, 0.3) is 0 Å². The van der Waals surface area contributed by atoms with E-state index in [0.29, 0.717) is 13.0 Å². The van der Waals surface area contributed by atoms with Crippen LogP contribution in [0.5, 0.6) is 0 Å². The van der Waals surface area contributed by atoms with Crippen LogP contribution in [0.2, 0.25) is 0 Å². The van der Waals surface area contributed by atoms with E-state index >= 15 is 0 Å². The van der Waals surface area contributed by atoms with E-state index in [2.05, 4.69) is 5.32 Å². The predicted molar refractivity (Wildman–Crippen MR) is 53.6 cm³/mol. The van der Waals surface area contributed by atoms with E-state index in [4.69, 9.17) is 5.73 Å². The number of hydrogen-bond acceptors (Lipinski definition) is 2. The van der Waals surface area contributed by atoms with Crippen LogP contribution in [0.25, 0.3) is 0 Å². The second-order valence-corrected chi connectivity index (χ2v) is 4.51. The van der Waals surface area contributed by atoms with Crippen molar-refractivity contribution in [3.63, 3.8) is 0 Å². The first-order valence-corrected chi connectivity index (χ1v) is 5.38. The highest BCUT2D eigenvalue weighted by molar-refractivity contribution is 5.77. The van der Waals surface area contributed by atoms with Gasteiger partial charge in [-0.25, -0.2) is 0 Å². The molecule has 1 rings (SSSR count). The molecule has 1 saturated carbocycles. The molecule has 0 bridgehead atoms. The normalized spacial score (nSPS) is 20.3. The number of carbonyl (C=O) groups is 1. The first-order valence-electron chi connectivity index (χ1n) is 5.38. The van der Waals surface area contributed by atoms with Crippen molar-refractivity contribution in [2.24, 2.45) is 11.7 Å². The van der Waals surface area contributed by atoms with E-state index in [1.165, 1.54) is 0 Å². The Kier molecular flexibility index (Phi) is 3.83. The molecule has 0 saturated heterocycles. The smallest absolute Gasteiger partial charge is 0.342 e. The highest BCUT2D eigenvalue weighted by atomic mass is 19.4. The summed E-state index contributed by atoms with van der Waals surface area (Å²) in [5.41, 5.74) is 3.42. The third kappa shape index (κ3) is 3.10. The highest BCUT2D eigenvalue weighted by Crippen LogP contribution is 2.48. The molecule has 94 valence electrons. The van der Waals surface area contributed by atoms with Gasteiger partial charge in [-0.1, -0.05) is 6.92 Å². The van der Waals surface area contributed by atoms with E-state index in [0.717, 1.165) is 0 Å². The number of alkyl halides is 3. The lowest BCUT2D eigenvalue weighted by Gasteiger charge is -2.21. The number of amides is 1. The Hall–Kier alpha value is -0.780. The van der Waals surface area contributed by atoms with Crippen molar-refractivity contribution in [2.75, 3.05) is 6.54 Å². The van der Waals surface area contributed by atoms with Crippen LogP contribution in [-0.2, 0) is 4.79 Å². The fraction of sp³-hybridized carbons (Fsp3) is 0.900. The minimum absolute atomic E-state index is 0.00528. The molecule has 1 aliphatic rings. The zero-order chi connectivity index (χ0) is 12.4. The highest BCUT2D eigenvalue weighted by Gasteiger charge is 2.64. The first kappa shape index (κ1) is 13.3. The predicted octanol–water partition coefficient (Wildman–Crippen LogP) is 1.57. The first-order chi connectivity index (χ1) is 7.31. The number of hydrogen-bond donors (Lipinski definition) is 2. The van der Waals surface area contributed by atoms with Crippen molar-refractivity contribution < 1.29 is 18.0 Å². The van der Waals surface area contributed by atoms with Crippen molar-refractivity contribution in [3.05, 3.63) is 0 Å².